The Morgan fingerprint density at radius 1 is 1.29 bits per heavy atom. The maximum absolute atomic E-state index is 5.96. The lowest BCUT2D eigenvalue weighted by Crippen LogP contribution is -2.69. The minimum absolute atomic E-state index is 0.269. The highest BCUT2D eigenvalue weighted by molar-refractivity contribution is 5.27. The molecule has 3 rings (SSSR count). The van der Waals surface area contributed by atoms with Gasteiger partial charge in [0.2, 0.25) is 0 Å². The monoisotopic (exact) mass is 289 g/mol. The zero-order valence-electron chi connectivity index (χ0n) is 13.4. The molecule has 1 aromatic carbocycles. The van der Waals surface area contributed by atoms with Gasteiger partial charge in [-0.2, -0.15) is 0 Å². The van der Waals surface area contributed by atoms with Crippen molar-refractivity contribution in [2.75, 3.05) is 20.3 Å². The van der Waals surface area contributed by atoms with E-state index in [-0.39, 0.29) is 5.41 Å². The molecule has 0 spiro atoms. The van der Waals surface area contributed by atoms with Crippen LogP contribution in [0.4, 0.5) is 0 Å². The van der Waals surface area contributed by atoms with Crippen molar-refractivity contribution in [2.45, 2.75) is 45.3 Å². The second kappa shape index (κ2) is 5.98. The Balaban J connectivity index is 1.50. The van der Waals surface area contributed by atoms with Crippen LogP contribution in [0.1, 0.15) is 32.3 Å². The van der Waals surface area contributed by atoms with E-state index in [1.54, 1.807) is 7.11 Å². The third kappa shape index (κ3) is 2.82. The van der Waals surface area contributed by atoms with E-state index in [0.717, 1.165) is 25.3 Å². The molecule has 3 heteroatoms. The standard InChI is InChI=1S/C18H27NO2/c1-18(2)16(15-5-4-12-21-17(15)18)19-11-10-13-6-8-14(20-3)9-7-13/h6-9,15-17,19H,4-5,10-12H2,1-3H3. The van der Waals surface area contributed by atoms with Crippen LogP contribution < -0.4 is 10.1 Å². The first-order valence-electron chi connectivity index (χ1n) is 8.11. The van der Waals surface area contributed by atoms with E-state index >= 15 is 0 Å². The van der Waals surface area contributed by atoms with Crippen molar-refractivity contribution in [1.29, 1.82) is 0 Å². The fourth-order valence-corrected chi connectivity index (χ4v) is 4.10. The van der Waals surface area contributed by atoms with Crippen molar-refractivity contribution in [3.05, 3.63) is 29.8 Å². The summed E-state index contributed by atoms with van der Waals surface area (Å²) in [6, 6.07) is 8.97. The number of nitrogens with one attached hydrogen (secondary N) is 1. The molecule has 1 aromatic rings. The second-order valence-corrected chi connectivity index (χ2v) is 6.95. The molecule has 3 atom stereocenters. The lowest BCUT2D eigenvalue weighted by molar-refractivity contribution is -0.192. The van der Waals surface area contributed by atoms with Gasteiger partial charge in [-0.3, -0.25) is 0 Å². The predicted octanol–water partition coefficient (Wildman–Crippen LogP) is 3.03. The number of fused-ring (bicyclic) bond motifs is 1. The summed E-state index contributed by atoms with van der Waals surface area (Å²) < 4.78 is 11.2. The highest BCUT2D eigenvalue weighted by atomic mass is 16.5. The Labute approximate surface area is 128 Å². The van der Waals surface area contributed by atoms with Gasteiger partial charge in [-0.05, 0) is 43.5 Å². The Morgan fingerprint density at radius 2 is 2.05 bits per heavy atom. The molecule has 1 saturated heterocycles. The largest absolute Gasteiger partial charge is 0.497 e. The zero-order chi connectivity index (χ0) is 14.9. The van der Waals surface area contributed by atoms with Gasteiger partial charge in [-0.15, -0.1) is 0 Å². The number of hydrogen-bond donors (Lipinski definition) is 1. The molecule has 116 valence electrons. The first-order chi connectivity index (χ1) is 10.1. The Bertz CT molecular complexity index is 469. The van der Waals surface area contributed by atoms with Crippen LogP contribution in [-0.2, 0) is 11.2 Å². The average Bonchev–Trinajstić information content (AvgIpc) is 2.52. The van der Waals surface area contributed by atoms with Gasteiger partial charge >= 0.3 is 0 Å². The van der Waals surface area contributed by atoms with E-state index in [1.165, 1.54) is 18.4 Å². The quantitative estimate of drug-likeness (QED) is 0.904. The van der Waals surface area contributed by atoms with Crippen LogP contribution in [0.3, 0.4) is 0 Å². The van der Waals surface area contributed by atoms with Crippen molar-refractivity contribution in [2.24, 2.45) is 11.3 Å². The summed E-state index contributed by atoms with van der Waals surface area (Å²) in [7, 11) is 1.71. The normalized spacial score (nSPS) is 30.3. The molecule has 0 amide bonds. The molecular weight excluding hydrogens is 262 g/mol. The van der Waals surface area contributed by atoms with E-state index in [1.807, 2.05) is 12.1 Å². The summed E-state index contributed by atoms with van der Waals surface area (Å²) in [4.78, 5) is 0. The molecule has 2 aliphatic rings. The summed E-state index contributed by atoms with van der Waals surface area (Å²) >= 11 is 0. The second-order valence-electron chi connectivity index (χ2n) is 6.95. The maximum Gasteiger partial charge on any atom is 0.118 e. The predicted molar refractivity (Wildman–Crippen MR) is 84.7 cm³/mol. The van der Waals surface area contributed by atoms with Crippen LogP contribution in [0.25, 0.3) is 0 Å². The Kier molecular flexibility index (Phi) is 4.23. The number of hydrogen-bond acceptors (Lipinski definition) is 3. The third-order valence-corrected chi connectivity index (χ3v) is 5.27. The van der Waals surface area contributed by atoms with Crippen LogP contribution >= 0.6 is 0 Å². The van der Waals surface area contributed by atoms with Gasteiger partial charge in [0, 0.05) is 24.0 Å². The first kappa shape index (κ1) is 14.9. The third-order valence-electron chi connectivity index (χ3n) is 5.27. The topological polar surface area (TPSA) is 30.5 Å². The lowest BCUT2D eigenvalue weighted by Gasteiger charge is -2.60. The van der Waals surface area contributed by atoms with E-state index < -0.39 is 0 Å². The Morgan fingerprint density at radius 3 is 2.76 bits per heavy atom. The number of methoxy groups -OCH3 is 1. The summed E-state index contributed by atoms with van der Waals surface area (Å²) in [5, 5.41) is 3.77. The van der Waals surface area contributed by atoms with Crippen LogP contribution in [0.15, 0.2) is 24.3 Å². The van der Waals surface area contributed by atoms with Crippen molar-refractivity contribution in [1.82, 2.24) is 5.32 Å². The maximum atomic E-state index is 5.96. The van der Waals surface area contributed by atoms with Crippen LogP contribution in [0, 0.1) is 11.3 Å². The molecule has 0 bridgehead atoms. The SMILES string of the molecule is COc1ccc(CCNC2C3CCCOC3C2(C)C)cc1. The van der Waals surface area contributed by atoms with E-state index in [9.17, 15) is 0 Å². The minimum atomic E-state index is 0.269. The van der Waals surface area contributed by atoms with Gasteiger partial charge in [0.25, 0.3) is 0 Å². The number of benzene rings is 1. The number of rotatable bonds is 5. The van der Waals surface area contributed by atoms with Crippen LogP contribution in [0.5, 0.6) is 5.75 Å². The van der Waals surface area contributed by atoms with Crippen molar-refractivity contribution in [3.63, 3.8) is 0 Å². The van der Waals surface area contributed by atoms with Crippen molar-refractivity contribution >= 4 is 0 Å². The van der Waals surface area contributed by atoms with Gasteiger partial charge in [0.05, 0.1) is 13.2 Å². The molecular formula is C18H27NO2. The van der Waals surface area contributed by atoms with E-state index in [4.69, 9.17) is 9.47 Å². The molecule has 3 nitrogen and oxygen atoms in total. The summed E-state index contributed by atoms with van der Waals surface area (Å²) in [6.45, 7) is 6.65. The molecule has 3 unspecified atom stereocenters. The average molecular weight is 289 g/mol. The van der Waals surface area contributed by atoms with Crippen LogP contribution in [0.2, 0.25) is 0 Å². The molecule has 1 N–H and O–H groups in total. The van der Waals surface area contributed by atoms with E-state index in [0.29, 0.717) is 18.1 Å². The lowest BCUT2D eigenvalue weighted by atomic mass is 9.55. The molecule has 1 saturated carbocycles. The Hall–Kier alpha value is -1.06. The summed E-state index contributed by atoms with van der Waals surface area (Å²) in [5.74, 6) is 1.64. The fraction of sp³-hybridized carbons (Fsp3) is 0.667. The van der Waals surface area contributed by atoms with Crippen molar-refractivity contribution < 1.29 is 9.47 Å². The molecule has 2 fully saturated rings. The van der Waals surface area contributed by atoms with Crippen LogP contribution in [-0.4, -0.2) is 32.4 Å². The van der Waals surface area contributed by atoms with Gasteiger partial charge in [0.1, 0.15) is 5.75 Å². The smallest absolute Gasteiger partial charge is 0.118 e. The fourth-order valence-electron chi connectivity index (χ4n) is 4.10. The molecule has 0 radical (unpaired) electrons. The summed E-state index contributed by atoms with van der Waals surface area (Å²) in [6.07, 6.45) is 4.06. The molecule has 1 aliphatic carbocycles. The van der Waals surface area contributed by atoms with E-state index in [2.05, 4.69) is 31.3 Å². The summed E-state index contributed by atoms with van der Waals surface area (Å²) in [5.41, 5.74) is 1.63. The van der Waals surface area contributed by atoms with Crippen molar-refractivity contribution in [3.8, 4) is 5.75 Å². The molecule has 21 heavy (non-hydrogen) atoms. The number of ether oxygens (including phenoxy) is 2. The molecule has 0 aromatic heterocycles. The molecule has 1 aliphatic heterocycles. The van der Waals surface area contributed by atoms with Gasteiger partial charge in [-0.1, -0.05) is 26.0 Å². The first-order valence-corrected chi connectivity index (χ1v) is 8.11. The highest BCUT2D eigenvalue weighted by Gasteiger charge is 2.57. The minimum Gasteiger partial charge on any atom is -0.497 e. The highest BCUT2D eigenvalue weighted by Crippen LogP contribution is 2.51. The molecule has 1 heterocycles. The van der Waals surface area contributed by atoms with Gasteiger partial charge in [-0.25, -0.2) is 0 Å². The van der Waals surface area contributed by atoms with Gasteiger partial charge in [0.15, 0.2) is 0 Å². The van der Waals surface area contributed by atoms with Gasteiger partial charge < -0.3 is 14.8 Å². The zero-order valence-corrected chi connectivity index (χ0v) is 13.4.